The van der Waals surface area contributed by atoms with Crippen molar-refractivity contribution in [2.45, 2.75) is 18.2 Å². The minimum Gasteiger partial charge on any atom is -0.283 e. The molecule has 0 spiro atoms. The fourth-order valence-corrected chi connectivity index (χ4v) is 3.38. The Morgan fingerprint density at radius 1 is 1.35 bits per heavy atom. The number of nitrogens with one attached hydrogen (secondary N) is 3. The number of hydrogen-bond acceptors (Lipinski definition) is 4. The van der Waals surface area contributed by atoms with Crippen molar-refractivity contribution in [2.24, 2.45) is 0 Å². The normalized spacial score (nSPS) is 24.8. The molecule has 3 N–H and O–H groups in total. The maximum Gasteiger partial charge on any atom is 0.238 e. The van der Waals surface area contributed by atoms with E-state index in [0.717, 1.165) is 0 Å². The van der Waals surface area contributed by atoms with Crippen LogP contribution in [0.5, 0.6) is 0 Å². The number of hydrogen-bond donors (Lipinski definition) is 3. The molecule has 2 rings (SSSR count). The van der Waals surface area contributed by atoms with Gasteiger partial charge >= 0.3 is 0 Å². The molecule has 1 heterocycles. The van der Waals surface area contributed by atoms with E-state index in [1.54, 1.807) is 24.3 Å². The Labute approximate surface area is 106 Å². The summed E-state index contributed by atoms with van der Waals surface area (Å²) in [6.07, 6.45) is 0. The molecular formula is C10H14ClN3O2S. The molecule has 0 radical (unpaired) electrons. The van der Waals surface area contributed by atoms with Crippen LogP contribution >= 0.6 is 11.6 Å². The predicted octanol–water partition coefficient (Wildman–Crippen LogP) is 0.947. The van der Waals surface area contributed by atoms with E-state index in [1.165, 1.54) is 0 Å². The van der Waals surface area contributed by atoms with Gasteiger partial charge < -0.3 is 0 Å². The second-order valence-electron chi connectivity index (χ2n) is 4.01. The van der Waals surface area contributed by atoms with E-state index in [0.29, 0.717) is 17.3 Å². The summed E-state index contributed by atoms with van der Waals surface area (Å²) in [7, 11) is -3.39. The van der Waals surface area contributed by atoms with Gasteiger partial charge in [-0.3, -0.25) is 15.6 Å². The molecule has 0 aromatic heterocycles. The molecule has 17 heavy (non-hydrogen) atoms. The molecule has 1 aliphatic heterocycles. The van der Waals surface area contributed by atoms with Gasteiger partial charge in [0, 0.05) is 23.3 Å². The lowest BCUT2D eigenvalue weighted by Crippen LogP contribution is -2.38. The standard InChI is InChI=1S/C10H14ClN3O2S/c1-7-10(6-12-13-7)17(15,16)14-9-4-2-8(11)3-5-9/h2-5,7,10,12-14H,6H2,1H3. The summed E-state index contributed by atoms with van der Waals surface area (Å²) in [5.41, 5.74) is 6.23. The molecule has 1 aromatic carbocycles. The van der Waals surface area contributed by atoms with Gasteiger partial charge in [-0.25, -0.2) is 8.42 Å². The molecule has 1 aromatic rings. The van der Waals surface area contributed by atoms with Crippen LogP contribution in [-0.4, -0.2) is 26.3 Å². The van der Waals surface area contributed by atoms with Crippen molar-refractivity contribution in [3.05, 3.63) is 29.3 Å². The lowest BCUT2D eigenvalue weighted by Gasteiger charge is -2.16. The molecule has 7 heteroatoms. The molecule has 5 nitrogen and oxygen atoms in total. The van der Waals surface area contributed by atoms with Crippen LogP contribution in [0.4, 0.5) is 5.69 Å². The molecule has 2 atom stereocenters. The Kier molecular flexibility index (Phi) is 3.58. The summed E-state index contributed by atoms with van der Waals surface area (Å²) in [6, 6.07) is 6.45. The second kappa shape index (κ2) is 4.81. The van der Waals surface area contributed by atoms with Gasteiger partial charge in [0.25, 0.3) is 0 Å². The first-order valence-electron chi connectivity index (χ1n) is 5.24. The SMILES string of the molecule is CC1NNCC1S(=O)(=O)Nc1ccc(Cl)cc1. The molecule has 0 saturated carbocycles. The fraction of sp³-hybridized carbons (Fsp3) is 0.400. The third-order valence-corrected chi connectivity index (χ3v) is 4.84. The number of sulfonamides is 1. The molecule has 1 aliphatic rings. The van der Waals surface area contributed by atoms with Crippen LogP contribution in [0.25, 0.3) is 0 Å². The summed E-state index contributed by atoms with van der Waals surface area (Å²) in [5.74, 6) is 0. The molecule has 0 amide bonds. The van der Waals surface area contributed by atoms with Gasteiger partial charge in [-0.2, -0.15) is 0 Å². The van der Waals surface area contributed by atoms with Crippen LogP contribution in [0.2, 0.25) is 5.02 Å². The lowest BCUT2D eigenvalue weighted by molar-refractivity contribution is 0.565. The summed E-state index contributed by atoms with van der Waals surface area (Å²) in [5, 5.41) is 0.0868. The molecule has 2 unspecified atom stereocenters. The highest BCUT2D eigenvalue weighted by molar-refractivity contribution is 7.93. The highest BCUT2D eigenvalue weighted by Gasteiger charge is 2.34. The summed E-state index contributed by atoms with van der Waals surface area (Å²) in [6.45, 7) is 2.22. The van der Waals surface area contributed by atoms with Crippen molar-refractivity contribution in [1.29, 1.82) is 0 Å². The average molecular weight is 276 g/mol. The van der Waals surface area contributed by atoms with Crippen molar-refractivity contribution in [2.75, 3.05) is 11.3 Å². The minimum absolute atomic E-state index is 0.125. The zero-order valence-corrected chi connectivity index (χ0v) is 10.8. The summed E-state index contributed by atoms with van der Waals surface area (Å²) in [4.78, 5) is 0. The Bertz CT molecular complexity index is 489. The Morgan fingerprint density at radius 3 is 2.53 bits per heavy atom. The molecule has 1 saturated heterocycles. The van der Waals surface area contributed by atoms with Crippen molar-refractivity contribution in [1.82, 2.24) is 10.9 Å². The molecular weight excluding hydrogens is 262 g/mol. The van der Waals surface area contributed by atoms with E-state index in [4.69, 9.17) is 11.6 Å². The number of rotatable bonds is 3. The maximum absolute atomic E-state index is 12.1. The summed E-state index contributed by atoms with van der Waals surface area (Å²) < 4.78 is 26.7. The molecule has 0 aliphatic carbocycles. The monoisotopic (exact) mass is 275 g/mol. The van der Waals surface area contributed by atoms with E-state index in [9.17, 15) is 8.42 Å². The van der Waals surface area contributed by atoms with Crippen LogP contribution in [0.3, 0.4) is 0 Å². The number of hydrazine groups is 1. The van der Waals surface area contributed by atoms with Gasteiger partial charge in [0.15, 0.2) is 0 Å². The van der Waals surface area contributed by atoms with E-state index in [-0.39, 0.29) is 6.04 Å². The van der Waals surface area contributed by atoms with E-state index >= 15 is 0 Å². The second-order valence-corrected chi connectivity index (χ2v) is 6.34. The lowest BCUT2D eigenvalue weighted by atomic mass is 10.3. The van der Waals surface area contributed by atoms with Crippen LogP contribution in [-0.2, 0) is 10.0 Å². The topological polar surface area (TPSA) is 70.2 Å². The van der Waals surface area contributed by atoms with E-state index < -0.39 is 15.3 Å². The van der Waals surface area contributed by atoms with Crippen molar-refractivity contribution < 1.29 is 8.42 Å². The number of benzene rings is 1. The largest absolute Gasteiger partial charge is 0.283 e. The van der Waals surface area contributed by atoms with Crippen molar-refractivity contribution in [3.8, 4) is 0 Å². The third kappa shape index (κ3) is 2.90. The maximum atomic E-state index is 12.1. The zero-order valence-electron chi connectivity index (χ0n) is 9.27. The molecule has 1 fully saturated rings. The van der Waals surface area contributed by atoms with Gasteiger partial charge in [-0.15, -0.1) is 0 Å². The Morgan fingerprint density at radius 2 is 2.00 bits per heavy atom. The zero-order chi connectivity index (χ0) is 12.5. The van der Waals surface area contributed by atoms with Crippen molar-refractivity contribution >= 4 is 27.3 Å². The van der Waals surface area contributed by atoms with Gasteiger partial charge in [0.1, 0.15) is 5.25 Å². The minimum atomic E-state index is -3.39. The van der Waals surface area contributed by atoms with E-state index in [2.05, 4.69) is 15.6 Å². The molecule has 0 bridgehead atoms. The summed E-state index contributed by atoms with van der Waals surface area (Å²) >= 11 is 5.74. The van der Waals surface area contributed by atoms with Gasteiger partial charge in [0.2, 0.25) is 10.0 Å². The fourth-order valence-electron chi connectivity index (χ4n) is 1.73. The van der Waals surface area contributed by atoms with Crippen molar-refractivity contribution in [3.63, 3.8) is 0 Å². The highest BCUT2D eigenvalue weighted by Crippen LogP contribution is 2.18. The Balaban J connectivity index is 2.14. The number of anilines is 1. The smallest absolute Gasteiger partial charge is 0.238 e. The predicted molar refractivity (Wildman–Crippen MR) is 68.4 cm³/mol. The average Bonchev–Trinajstić information content (AvgIpc) is 2.68. The quantitative estimate of drug-likeness (QED) is 0.768. The first kappa shape index (κ1) is 12.6. The third-order valence-electron chi connectivity index (χ3n) is 2.69. The van der Waals surface area contributed by atoms with Crippen LogP contribution in [0, 0.1) is 0 Å². The van der Waals surface area contributed by atoms with Crippen LogP contribution in [0.15, 0.2) is 24.3 Å². The first-order chi connectivity index (χ1) is 7.99. The Hall–Kier alpha value is -0.820. The van der Waals surface area contributed by atoms with Gasteiger partial charge in [0.05, 0.1) is 0 Å². The molecule has 94 valence electrons. The van der Waals surface area contributed by atoms with Gasteiger partial charge in [-0.1, -0.05) is 11.6 Å². The van der Waals surface area contributed by atoms with E-state index in [1.807, 2.05) is 6.92 Å². The highest BCUT2D eigenvalue weighted by atomic mass is 35.5. The first-order valence-corrected chi connectivity index (χ1v) is 7.17. The van der Waals surface area contributed by atoms with Crippen LogP contribution in [0.1, 0.15) is 6.92 Å². The number of halogens is 1. The van der Waals surface area contributed by atoms with Gasteiger partial charge in [-0.05, 0) is 31.2 Å². The van der Waals surface area contributed by atoms with Crippen LogP contribution < -0.4 is 15.6 Å².